The van der Waals surface area contributed by atoms with Gasteiger partial charge in [0.15, 0.2) is 0 Å². The average Bonchev–Trinajstić information content (AvgIpc) is 2.65. The number of hydrogen-bond acceptors (Lipinski definition) is 2. The molecular formula is C10H16N2OS. The summed E-state index contributed by atoms with van der Waals surface area (Å²) in [5.41, 5.74) is 0.0394. The molecule has 1 aromatic heterocycles. The molecule has 14 heavy (non-hydrogen) atoms. The Hall–Kier alpha value is -0.640. The van der Waals surface area contributed by atoms with E-state index in [-0.39, 0.29) is 5.69 Å². The lowest BCUT2D eigenvalue weighted by molar-refractivity contribution is 0.353. The lowest BCUT2D eigenvalue weighted by Crippen LogP contribution is -2.26. The molecule has 0 spiro atoms. The number of hydrogen-bond donors (Lipinski definition) is 1. The second-order valence-electron chi connectivity index (χ2n) is 3.84. The summed E-state index contributed by atoms with van der Waals surface area (Å²) in [6.45, 7) is 0. The van der Waals surface area contributed by atoms with Crippen LogP contribution < -0.4 is 5.69 Å². The molecule has 0 aliphatic heterocycles. The van der Waals surface area contributed by atoms with Crippen molar-refractivity contribution in [1.29, 1.82) is 0 Å². The van der Waals surface area contributed by atoms with Crippen molar-refractivity contribution in [2.75, 3.05) is 6.26 Å². The highest BCUT2D eigenvalue weighted by atomic mass is 32.2. The van der Waals surface area contributed by atoms with E-state index in [1.54, 1.807) is 6.20 Å². The van der Waals surface area contributed by atoms with Crippen LogP contribution in [0, 0.1) is 0 Å². The van der Waals surface area contributed by atoms with Crippen molar-refractivity contribution in [1.82, 2.24) is 9.55 Å². The van der Waals surface area contributed by atoms with Crippen molar-refractivity contribution >= 4 is 11.8 Å². The maximum atomic E-state index is 11.4. The summed E-state index contributed by atoms with van der Waals surface area (Å²) < 4.78 is 1.84. The highest BCUT2D eigenvalue weighted by Crippen LogP contribution is 2.32. The molecule has 4 heteroatoms. The predicted octanol–water partition coefficient (Wildman–Crippen LogP) is 2.02. The molecule has 1 aliphatic rings. The Labute approximate surface area is 87.9 Å². The quantitative estimate of drug-likeness (QED) is 0.814. The van der Waals surface area contributed by atoms with Gasteiger partial charge in [-0.05, 0) is 31.9 Å². The molecule has 0 amide bonds. The molecule has 0 atom stereocenters. The van der Waals surface area contributed by atoms with Crippen molar-refractivity contribution in [3.8, 4) is 0 Å². The van der Waals surface area contributed by atoms with Crippen LogP contribution in [-0.4, -0.2) is 21.1 Å². The summed E-state index contributed by atoms with van der Waals surface area (Å²) in [5, 5.41) is 0.806. The summed E-state index contributed by atoms with van der Waals surface area (Å²) in [5.74, 6) is 0. The monoisotopic (exact) mass is 212 g/mol. The van der Waals surface area contributed by atoms with Crippen LogP contribution in [0.25, 0.3) is 0 Å². The Morgan fingerprint density at radius 1 is 1.43 bits per heavy atom. The van der Waals surface area contributed by atoms with Crippen LogP contribution in [0.2, 0.25) is 0 Å². The number of H-pyrrole nitrogens is 1. The Morgan fingerprint density at radius 2 is 2.14 bits per heavy atom. The van der Waals surface area contributed by atoms with Crippen molar-refractivity contribution in [2.45, 2.75) is 37.0 Å². The van der Waals surface area contributed by atoms with Crippen LogP contribution >= 0.6 is 11.8 Å². The molecule has 78 valence electrons. The van der Waals surface area contributed by atoms with Crippen LogP contribution in [0.1, 0.15) is 31.7 Å². The molecule has 1 heterocycles. The first-order valence-electron chi connectivity index (χ1n) is 5.09. The first kappa shape index (κ1) is 9.90. The summed E-state index contributed by atoms with van der Waals surface area (Å²) in [7, 11) is 0. The minimum Gasteiger partial charge on any atom is -0.313 e. The van der Waals surface area contributed by atoms with Gasteiger partial charge in [0.05, 0.1) is 0 Å². The molecule has 0 aromatic carbocycles. The minimum absolute atomic E-state index is 0.0394. The Kier molecular flexibility index (Phi) is 3.01. The number of rotatable bonds is 2. The number of aromatic nitrogens is 2. The molecule has 0 bridgehead atoms. The van der Waals surface area contributed by atoms with Gasteiger partial charge in [0.1, 0.15) is 0 Å². The largest absolute Gasteiger partial charge is 0.325 e. The smallest absolute Gasteiger partial charge is 0.313 e. The maximum absolute atomic E-state index is 11.4. The van der Waals surface area contributed by atoms with Gasteiger partial charge in [-0.25, -0.2) is 4.79 Å². The topological polar surface area (TPSA) is 37.8 Å². The summed E-state index contributed by atoms with van der Waals surface area (Å²) in [6, 6.07) is 0.428. The van der Waals surface area contributed by atoms with Crippen LogP contribution in [-0.2, 0) is 0 Å². The van der Waals surface area contributed by atoms with Gasteiger partial charge >= 0.3 is 5.69 Å². The van der Waals surface area contributed by atoms with Crippen molar-refractivity contribution < 1.29 is 0 Å². The van der Waals surface area contributed by atoms with E-state index in [9.17, 15) is 4.79 Å². The fourth-order valence-electron chi connectivity index (χ4n) is 2.18. The van der Waals surface area contributed by atoms with Crippen LogP contribution in [0.3, 0.4) is 0 Å². The second-order valence-corrected chi connectivity index (χ2v) is 4.98. The van der Waals surface area contributed by atoms with E-state index in [2.05, 4.69) is 11.2 Å². The Bertz CT molecular complexity index is 336. The zero-order chi connectivity index (χ0) is 9.97. The number of imidazole rings is 1. The standard InChI is InChI=1S/C10H16N2OS/c1-14-9-4-2-8(3-5-9)12-7-6-11-10(12)13/h6-9H,2-5H2,1H3,(H,11,13). The van der Waals surface area contributed by atoms with Gasteiger partial charge in [0.25, 0.3) is 0 Å². The van der Waals surface area contributed by atoms with Gasteiger partial charge in [-0.3, -0.25) is 4.57 Å². The lowest BCUT2D eigenvalue weighted by atomic mass is 9.95. The van der Waals surface area contributed by atoms with E-state index in [1.165, 1.54) is 12.8 Å². The molecule has 2 rings (SSSR count). The van der Waals surface area contributed by atoms with Gasteiger partial charge in [-0.15, -0.1) is 0 Å². The minimum atomic E-state index is 0.0394. The van der Waals surface area contributed by atoms with Crippen LogP contribution in [0.15, 0.2) is 17.2 Å². The summed E-state index contributed by atoms with van der Waals surface area (Å²) >= 11 is 1.95. The second kappa shape index (κ2) is 4.26. The van der Waals surface area contributed by atoms with Crippen molar-refractivity contribution in [2.24, 2.45) is 0 Å². The molecule has 3 nitrogen and oxygen atoms in total. The fraction of sp³-hybridized carbons (Fsp3) is 0.700. The van der Waals surface area contributed by atoms with Gasteiger partial charge in [-0.1, -0.05) is 0 Å². The molecule has 1 fully saturated rings. The van der Waals surface area contributed by atoms with E-state index >= 15 is 0 Å². The SMILES string of the molecule is CSC1CCC(n2cc[nH]c2=O)CC1. The zero-order valence-electron chi connectivity index (χ0n) is 8.40. The van der Waals surface area contributed by atoms with E-state index in [1.807, 2.05) is 22.5 Å². The van der Waals surface area contributed by atoms with Crippen molar-refractivity contribution in [3.63, 3.8) is 0 Å². The Balaban J connectivity index is 2.02. The average molecular weight is 212 g/mol. The molecule has 0 saturated heterocycles. The molecule has 0 radical (unpaired) electrons. The van der Waals surface area contributed by atoms with Gasteiger partial charge in [-0.2, -0.15) is 11.8 Å². The molecule has 1 saturated carbocycles. The molecule has 1 aromatic rings. The molecule has 1 N–H and O–H groups in total. The third kappa shape index (κ3) is 1.90. The molecule has 0 unspecified atom stereocenters. The van der Waals surface area contributed by atoms with Crippen LogP contribution in [0.4, 0.5) is 0 Å². The summed E-state index contributed by atoms with van der Waals surface area (Å²) in [4.78, 5) is 14.1. The summed E-state index contributed by atoms with van der Waals surface area (Å²) in [6.07, 6.45) is 10.5. The van der Waals surface area contributed by atoms with Crippen LogP contribution in [0.5, 0.6) is 0 Å². The number of aromatic amines is 1. The molecule has 1 aliphatic carbocycles. The first-order chi connectivity index (χ1) is 6.81. The van der Waals surface area contributed by atoms with Gasteiger partial charge in [0, 0.05) is 23.7 Å². The highest BCUT2D eigenvalue weighted by Gasteiger charge is 2.22. The Morgan fingerprint density at radius 3 is 2.64 bits per heavy atom. The first-order valence-corrected chi connectivity index (χ1v) is 6.38. The predicted molar refractivity (Wildman–Crippen MR) is 59.9 cm³/mol. The van der Waals surface area contributed by atoms with E-state index in [0.717, 1.165) is 18.1 Å². The molecular weight excluding hydrogens is 196 g/mol. The fourth-order valence-corrected chi connectivity index (χ4v) is 2.92. The number of nitrogens with zero attached hydrogens (tertiary/aromatic N) is 1. The van der Waals surface area contributed by atoms with Gasteiger partial charge < -0.3 is 4.98 Å². The van der Waals surface area contributed by atoms with Crippen molar-refractivity contribution in [3.05, 3.63) is 22.9 Å². The maximum Gasteiger partial charge on any atom is 0.325 e. The zero-order valence-corrected chi connectivity index (χ0v) is 9.22. The number of nitrogens with one attached hydrogen (secondary N) is 1. The number of thioether (sulfide) groups is 1. The van der Waals surface area contributed by atoms with E-state index in [4.69, 9.17) is 0 Å². The highest BCUT2D eigenvalue weighted by molar-refractivity contribution is 7.99. The van der Waals surface area contributed by atoms with E-state index < -0.39 is 0 Å². The normalized spacial score (nSPS) is 27.8. The third-order valence-corrected chi connectivity index (χ3v) is 4.18. The van der Waals surface area contributed by atoms with Gasteiger partial charge in [0.2, 0.25) is 0 Å². The third-order valence-electron chi connectivity index (χ3n) is 3.05. The lowest BCUT2D eigenvalue weighted by Gasteiger charge is -2.27. The van der Waals surface area contributed by atoms with E-state index in [0.29, 0.717) is 6.04 Å².